The van der Waals surface area contributed by atoms with Crippen molar-refractivity contribution in [2.45, 2.75) is 76.4 Å². The fraction of sp³-hybridized carbons (Fsp3) is 0.538. The lowest BCUT2D eigenvalue weighted by Crippen LogP contribution is -2.40. The van der Waals surface area contributed by atoms with Gasteiger partial charge in [-0.1, -0.05) is 18.2 Å². The first-order valence-electron chi connectivity index (χ1n) is 13.9. The minimum atomic E-state index is -4.94. The first kappa shape index (κ1) is 31.9. The van der Waals surface area contributed by atoms with Gasteiger partial charge in [0, 0.05) is 6.04 Å². The predicted octanol–water partition coefficient (Wildman–Crippen LogP) is 3.55. The molecule has 6 atom stereocenters. The number of rotatable bonds is 12. The number of nitrogens with zero attached hydrogens (tertiary/aromatic N) is 4. The summed E-state index contributed by atoms with van der Waals surface area (Å²) in [7, 11) is -4.46. The molecular weight excluding hydrogens is 610 g/mol. The van der Waals surface area contributed by atoms with Gasteiger partial charge >= 0.3 is 19.9 Å². The second-order valence-corrected chi connectivity index (χ2v) is 12.5. The number of alkyl halides is 3. The molecule has 0 unspecified atom stereocenters. The number of hydrogen-bond donors (Lipinski definition) is 4. The number of carbonyl (C=O) groups is 1. The van der Waals surface area contributed by atoms with E-state index < -0.39 is 63.0 Å². The van der Waals surface area contributed by atoms with Crippen LogP contribution in [0, 0.1) is 5.92 Å². The molecule has 44 heavy (non-hydrogen) atoms. The molecule has 2 fully saturated rings. The Morgan fingerprint density at radius 1 is 1.23 bits per heavy atom. The number of para-hydroxylation sites is 1. The average molecular weight is 644 g/mol. The van der Waals surface area contributed by atoms with Crippen molar-refractivity contribution in [2.75, 3.05) is 17.7 Å². The number of aliphatic hydroxyl groups excluding tert-OH is 1. The molecule has 0 radical (unpaired) electrons. The van der Waals surface area contributed by atoms with E-state index in [4.69, 9.17) is 24.3 Å². The zero-order chi connectivity index (χ0) is 31.8. The monoisotopic (exact) mass is 643 g/mol. The smallest absolute Gasteiger partial charge is 0.459 e. The number of ether oxygens (including phenoxy) is 2. The lowest BCUT2D eigenvalue weighted by atomic mass is 9.99. The normalized spacial score (nSPS) is 24.3. The Kier molecular flexibility index (Phi) is 9.05. The quantitative estimate of drug-likeness (QED) is 0.166. The molecule has 1 saturated heterocycles. The molecule has 1 saturated carbocycles. The third-order valence-electron chi connectivity index (χ3n) is 6.81. The number of halogens is 3. The van der Waals surface area contributed by atoms with Gasteiger partial charge in [0.05, 0.1) is 25.1 Å². The Morgan fingerprint density at radius 3 is 2.57 bits per heavy atom. The van der Waals surface area contributed by atoms with Gasteiger partial charge in [-0.05, 0) is 45.7 Å². The highest BCUT2D eigenvalue weighted by molar-refractivity contribution is 7.52. The van der Waals surface area contributed by atoms with Crippen LogP contribution in [0.1, 0.15) is 39.8 Å². The summed E-state index contributed by atoms with van der Waals surface area (Å²) in [6, 6.07) is 6.75. The zero-order valence-corrected chi connectivity index (χ0v) is 24.9. The van der Waals surface area contributed by atoms with Gasteiger partial charge in [0.15, 0.2) is 23.2 Å². The molecule has 2 aliphatic rings. The van der Waals surface area contributed by atoms with Crippen molar-refractivity contribution in [3.05, 3.63) is 36.7 Å². The number of carbonyl (C=O) groups excluding carboxylic acids is 1. The minimum Gasteiger partial charge on any atom is -0.462 e. The number of esters is 1. The Labute approximate surface area is 250 Å². The van der Waals surface area contributed by atoms with Crippen molar-refractivity contribution in [3.8, 4) is 5.75 Å². The van der Waals surface area contributed by atoms with E-state index in [2.05, 4.69) is 25.4 Å². The van der Waals surface area contributed by atoms with Crippen molar-refractivity contribution in [1.29, 1.82) is 0 Å². The van der Waals surface area contributed by atoms with E-state index in [-0.39, 0.29) is 34.7 Å². The molecule has 1 aromatic carbocycles. The lowest BCUT2D eigenvalue weighted by molar-refractivity contribution is -0.210. The van der Waals surface area contributed by atoms with E-state index in [1.165, 1.54) is 19.1 Å². The van der Waals surface area contributed by atoms with Crippen LogP contribution in [0.25, 0.3) is 11.2 Å². The maximum Gasteiger partial charge on any atom is 0.459 e. The van der Waals surface area contributed by atoms with Gasteiger partial charge < -0.3 is 30.2 Å². The summed E-state index contributed by atoms with van der Waals surface area (Å²) in [5, 5.41) is 16.4. The minimum absolute atomic E-state index is 0.0362. The Balaban J connectivity index is 1.40. The molecule has 2 aromatic heterocycles. The number of nitrogens with one attached hydrogen (secondary N) is 2. The summed E-state index contributed by atoms with van der Waals surface area (Å²) in [6.45, 7) is 3.80. The molecule has 1 aliphatic carbocycles. The van der Waals surface area contributed by atoms with Gasteiger partial charge in [-0.3, -0.25) is 13.9 Å². The third kappa shape index (κ3) is 7.24. The van der Waals surface area contributed by atoms with Gasteiger partial charge in [0.2, 0.25) is 5.95 Å². The van der Waals surface area contributed by atoms with Gasteiger partial charge in [-0.15, -0.1) is 0 Å². The Morgan fingerprint density at radius 2 is 1.93 bits per heavy atom. The van der Waals surface area contributed by atoms with Crippen LogP contribution in [-0.4, -0.2) is 73.8 Å². The van der Waals surface area contributed by atoms with Gasteiger partial charge in [-0.25, -0.2) is 9.55 Å². The number of benzene rings is 1. The maximum atomic E-state index is 14.4. The molecule has 1 aliphatic heterocycles. The fourth-order valence-corrected chi connectivity index (χ4v) is 6.13. The molecule has 5 rings (SSSR count). The number of anilines is 2. The number of aromatic nitrogens is 4. The number of nitrogen functional groups attached to an aromatic ring is 1. The SMILES string of the molecule is CC(C)OC(=O)[C@H](C)N[P@@](=O)(OC[C@H]1O[C@@H](n2cnc3c(NC4CC4)nc(N)nc32)[C@@H](C(F)(F)F)[C@@H]1O)Oc1ccccc1. The summed E-state index contributed by atoms with van der Waals surface area (Å²) in [5.74, 6) is -3.06. The van der Waals surface area contributed by atoms with E-state index >= 15 is 0 Å². The van der Waals surface area contributed by atoms with Crippen molar-refractivity contribution in [2.24, 2.45) is 5.92 Å². The van der Waals surface area contributed by atoms with Crippen molar-refractivity contribution in [3.63, 3.8) is 0 Å². The van der Waals surface area contributed by atoms with Crippen LogP contribution in [0.15, 0.2) is 36.7 Å². The van der Waals surface area contributed by atoms with Crippen LogP contribution in [-0.2, 0) is 23.4 Å². The third-order valence-corrected chi connectivity index (χ3v) is 8.46. The van der Waals surface area contributed by atoms with Crippen LogP contribution >= 0.6 is 7.75 Å². The number of fused-ring (bicyclic) bond motifs is 1. The van der Waals surface area contributed by atoms with E-state index in [1.807, 2.05) is 0 Å². The molecule has 3 heterocycles. The number of imidazole rings is 1. The summed E-state index contributed by atoms with van der Waals surface area (Å²) >= 11 is 0. The van der Waals surface area contributed by atoms with Crippen molar-refractivity contribution in [1.82, 2.24) is 24.6 Å². The first-order chi connectivity index (χ1) is 20.7. The van der Waals surface area contributed by atoms with Crippen LogP contribution in [0.4, 0.5) is 24.9 Å². The molecular formula is C26H33F3N7O7P. The second-order valence-electron chi connectivity index (χ2n) is 10.8. The van der Waals surface area contributed by atoms with Crippen molar-refractivity contribution < 1.29 is 46.2 Å². The van der Waals surface area contributed by atoms with Crippen LogP contribution in [0.5, 0.6) is 5.75 Å². The van der Waals surface area contributed by atoms with E-state index in [1.54, 1.807) is 32.0 Å². The molecule has 14 nitrogen and oxygen atoms in total. The highest BCUT2D eigenvalue weighted by atomic mass is 31.2. The predicted molar refractivity (Wildman–Crippen MR) is 150 cm³/mol. The van der Waals surface area contributed by atoms with E-state index in [0.717, 1.165) is 23.7 Å². The van der Waals surface area contributed by atoms with Crippen LogP contribution in [0.3, 0.4) is 0 Å². The zero-order valence-electron chi connectivity index (χ0n) is 24.0. The molecule has 240 valence electrons. The topological polar surface area (TPSA) is 185 Å². The van der Waals surface area contributed by atoms with Crippen LogP contribution < -0.4 is 20.7 Å². The summed E-state index contributed by atoms with van der Waals surface area (Å²) in [5.41, 5.74) is 5.99. The number of aliphatic hydroxyl groups is 1. The molecule has 18 heteroatoms. The molecule has 5 N–H and O–H groups in total. The summed E-state index contributed by atoms with van der Waals surface area (Å²) in [6.07, 6.45) is -8.16. The number of hydrogen-bond acceptors (Lipinski definition) is 12. The molecule has 3 aromatic rings. The molecule has 0 bridgehead atoms. The highest BCUT2D eigenvalue weighted by Gasteiger charge is 2.59. The van der Waals surface area contributed by atoms with Gasteiger partial charge in [0.25, 0.3) is 0 Å². The van der Waals surface area contributed by atoms with Crippen molar-refractivity contribution >= 4 is 36.6 Å². The Hall–Kier alpha value is -3.50. The average Bonchev–Trinajstić information content (AvgIpc) is 3.54. The molecule has 0 amide bonds. The fourth-order valence-electron chi connectivity index (χ4n) is 4.62. The standard InChI is InChI=1S/C26H33F3N7O7P/c1-13(2)41-24(38)14(3)35-44(39,43-16-7-5-4-6-8-16)40-11-17-20(37)18(26(27,28)29)23(42-17)36-12-31-19-21(32-15-9-10-15)33-25(30)34-22(19)36/h4-8,12-15,17-18,20,23,37H,9-11H2,1-3H3,(H,35,39)(H3,30,32,33,34)/t14-,17+,18-,20+,23+,44+/m0/s1. The van der Waals surface area contributed by atoms with Crippen LogP contribution in [0.2, 0.25) is 0 Å². The maximum absolute atomic E-state index is 14.4. The van der Waals surface area contributed by atoms with E-state index in [9.17, 15) is 27.6 Å². The summed E-state index contributed by atoms with van der Waals surface area (Å²) in [4.78, 5) is 24.8. The Bertz CT molecular complexity index is 1520. The lowest BCUT2D eigenvalue weighted by Gasteiger charge is -2.25. The molecule has 0 spiro atoms. The second kappa shape index (κ2) is 12.5. The largest absolute Gasteiger partial charge is 0.462 e. The highest BCUT2D eigenvalue weighted by Crippen LogP contribution is 2.49. The number of nitrogens with two attached hydrogens (primary N) is 1. The first-order valence-corrected chi connectivity index (χ1v) is 15.4. The van der Waals surface area contributed by atoms with Gasteiger partial charge in [-0.2, -0.15) is 28.2 Å². The van der Waals surface area contributed by atoms with E-state index in [0.29, 0.717) is 0 Å². The summed E-state index contributed by atoms with van der Waals surface area (Å²) < 4.78 is 79.8. The van der Waals surface area contributed by atoms with Gasteiger partial charge in [0.1, 0.15) is 23.8 Å².